The minimum Gasteiger partial charge on any atom is -0.370 e. The van der Waals surface area contributed by atoms with Crippen LogP contribution in [-0.4, -0.2) is 15.9 Å². The van der Waals surface area contributed by atoms with E-state index >= 15 is 0 Å². The number of rotatable bonds is 3. The second-order valence-corrected chi connectivity index (χ2v) is 5.97. The second-order valence-electron chi connectivity index (χ2n) is 5.97. The first kappa shape index (κ1) is 13.4. The van der Waals surface area contributed by atoms with Gasteiger partial charge in [-0.2, -0.15) is 5.10 Å². The van der Waals surface area contributed by atoms with Gasteiger partial charge in [-0.25, -0.2) is 0 Å². The number of ether oxygens (including phenoxy) is 1. The van der Waals surface area contributed by atoms with Crippen LogP contribution in [0.25, 0.3) is 0 Å². The van der Waals surface area contributed by atoms with Crippen molar-refractivity contribution in [2.45, 2.75) is 45.4 Å². The van der Waals surface area contributed by atoms with Gasteiger partial charge >= 0.3 is 0 Å². The maximum Gasteiger partial charge on any atom is 0.0861 e. The molecular formula is C17H22N2O. The van der Waals surface area contributed by atoms with Crippen molar-refractivity contribution in [2.75, 3.05) is 0 Å². The quantitative estimate of drug-likeness (QED) is 0.848. The van der Waals surface area contributed by atoms with Crippen LogP contribution in [0.4, 0.5) is 0 Å². The van der Waals surface area contributed by atoms with E-state index in [9.17, 15) is 0 Å². The molecule has 3 rings (SSSR count). The molecule has 0 N–H and O–H groups in total. The molecule has 1 fully saturated rings. The predicted octanol–water partition coefficient (Wildman–Crippen LogP) is 3.81. The first-order chi connectivity index (χ1) is 9.70. The van der Waals surface area contributed by atoms with E-state index in [2.05, 4.69) is 49.4 Å². The smallest absolute Gasteiger partial charge is 0.0861 e. The number of hydrogen-bond donors (Lipinski definition) is 0. The fourth-order valence-corrected chi connectivity index (χ4v) is 3.04. The lowest BCUT2D eigenvalue weighted by molar-refractivity contribution is -0.0604. The van der Waals surface area contributed by atoms with Gasteiger partial charge in [-0.3, -0.25) is 4.68 Å². The van der Waals surface area contributed by atoms with Crippen molar-refractivity contribution >= 4 is 0 Å². The summed E-state index contributed by atoms with van der Waals surface area (Å²) in [4.78, 5) is 0. The lowest BCUT2D eigenvalue weighted by Crippen LogP contribution is -2.24. The van der Waals surface area contributed by atoms with Crippen LogP contribution < -0.4 is 0 Å². The highest BCUT2D eigenvalue weighted by molar-refractivity contribution is 5.16. The molecule has 1 saturated heterocycles. The van der Waals surface area contributed by atoms with Crippen molar-refractivity contribution in [1.29, 1.82) is 0 Å². The van der Waals surface area contributed by atoms with Crippen LogP contribution in [-0.2, 0) is 11.3 Å². The number of aromatic nitrogens is 2. The van der Waals surface area contributed by atoms with Gasteiger partial charge in [0.1, 0.15) is 0 Å². The van der Waals surface area contributed by atoms with E-state index < -0.39 is 0 Å². The Kier molecular flexibility index (Phi) is 3.88. The van der Waals surface area contributed by atoms with Crippen LogP contribution >= 0.6 is 0 Å². The molecule has 1 aromatic heterocycles. The van der Waals surface area contributed by atoms with Crippen LogP contribution in [0.15, 0.2) is 42.7 Å². The zero-order chi connectivity index (χ0) is 13.9. The van der Waals surface area contributed by atoms with Crippen LogP contribution in [0, 0.1) is 5.92 Å². The standard InChI is InChI=1S/C17H22N2O/c1-13-8-14(2)20-17(9-13)16-10-18-19(12-16)11-15-6-4-3-5-7-15/h3-7,10,12-14,17H,8-9,11H2,1-2H3. The van der Waals surface area contributed by atoms with Crippen LogP contribution in [0.3, 0.4) is 0 Å². The summed E-state index contributed by atoms with van der Waals surface area (Å²) in [7, 11) is 0. The lowest BCUT2D eigenvalue weighted by Gasteiger charge is -2.31. The average Bonchev–Trinajstić information content (AvgIpc) is 2.87. The Hall–Kier alpha value is -1.61. The second kappa shape index (κ2) is 5.80. The van der Waals surface area contributed by atoms with E-state index in [0.29, 0.717) is 6.10 Å². The summed E-state index contributed by atoms with van der Waals surface area (Å²) in [5.74, 6) is 0.723. The molecule has 1 aliphatic rings. The Labute approximate surface area is 120 Å². The SMILES string of the molecule is CC1CC(C)OC(c2cnn(Cc3ccccc3)c2)C1. The first-order valence-electron chi connectivity index (χ1n) is 7.42. The third-order valence-corrected chi connectivity index (χ3v) is 3.96. The Morgan fingerprint density at radius 3 is 2.75 bits per heavy atom. The van der Waals surface area contributed by atoms with Gasteiger partial charge < -0.3 is 4.74 Å². The fourth-order valence-electron chi connectivity index (χ4n) is 3.04. The molecule has 20 heavy (non-hydrogen) atoms. The lowest BCUT2D eigenvalue weighted by atomic mass is 9.92. The van der Waals surface area contributed by atoms with Gasteiger partial charge in [-0.15, -0.1) is 0 Å². The molecule has 2 heterocycles. The molecule has 0 amide bonds. The number of nitrogens with zero attached hydrogens (tertiary/aromatic N) is 2. The van der Waals surface area contributed by atoms with Gasteiger partial charge in [0, 0.05) is 11.8 Å². The van der Waals surface area contributed by atoms with Crippen molar-refractivity contribution in [1.82, 2.24) is 9.78 Å². The van der Waals surface area contributed by atoms with Gasteiger partial charge in [0.25, 0.3) is 0 Å². The summed E-state index contributed by atoms with van der Waals surface area (Å²) in [6.45, 7) is 5.29. The molecule has 0 aliphatic carbocycles. The minimum atomic E-state index is 0.207. The van der Waals surface area contributed by atoms with E-state index in [1.807, 2.05) is 16.9 Å². The van der Waals surface area contributed by atoms with E-state index in [4.69, 9.17) is 4.74 Å². The average molecular weight is 270 g/mol. The van der Waals surface area contributed by atoms with Crippen LogP contribution in [0.1, 0.15) is 43.9 Å². The molecule has 106 valence electrons. The maximum atomic E-state index is 6.05. The van der Waals surface area contributed by atoms with Crippen LogP contribution in [0.5, 0.6) is 0 Å². The Morgan fingerprint density at radius 1 is 1.20 bits per heavy atom. The van der Waals surface area contributed by atoms with E-state index in [1.54, 1.807) is 0 Å². The zero-order valence-corrected chi connectivity index (χ0v) is 12.2. The molecule has 1 aliphatic heterocycles. The van der Waals surface area contributed by atoms with Gasteiger partial charge in [0.05, 0.1) is 24.9 Å². The number of hydrogen-bond acceptors (Lipinski definition) is 2. The Morgan fingerprint density at radius 2 is 2.00 bits per heavy atom. The van der Waals surface area contributed by atoms with Crippen molar-refractivity contribution in [3.63, 3.8) is 0 Å². The molecule has 2 aromatic rings. The molecule has 3 unspecified atom stereocenters. The third-order valence-electron chi connectivity index (χ3n) is 3.96. The van der Waals surface area contributed by atoms with Gasteiger partial charge in [0.15, 0.2) is 0 Å². The Balaban J connectivity index is 1.70. The van der Waals surface area contributed by atoms with E-state index in [-0.39, 0.29) is 6.10 Å². The van der Waals surface area contributed by atoms with E-state index in [1.165, 1.54) is 11.1 Å². The summed E-state index contributed by atoms with van der Waals surface area (Å²) < 4.78 is 8.05. The minimum absolute atomic E-state index is 0.207. The summed E-state index contributed by atoms with van der Waals surface area (Å²) in [6, 6.07) is 10.4. The van der Waals surface area contributed by atoms with Crippen molar-refractivity contribution in [3.05, 3.63) is 53.9 Å². The van der Waals surface area contributed by atoms with Gasteiger partial charge in [-0.05, 0) is 31.2 Å². The molecular weight excluding hydrogens is 248 g/mol. The molecule has 3 heteroatoms. The van der Waals surface area contributed by atoms with Crippen molar-refractivity contribution < 1.29 is 4.74 Å². The molecule has 0 radical (unpaired) electrons. The van der Waals surface area contributed by atoms with E-state index in [0.717, 1.165) is 25.3 Å². The number of benzene rings is 1. The van der Waals surface area contributed by atoms with Crippen molar-refractivity contribution in [3.8, 4) is 0 Å². The highest BCUT2D eigenvalue weighted by Crippen LogP contribution is 2.34. The van der Waals surface area contributed by atoms with Crippen molar-refractivity contribution in [2.24, 2.45) is 5.92 Å². The topological polar surface area (TPSA) is 27.1 Å². The molecule has 0 saturated carbocycles. The molecule has 1 aromatic carbocycles. The van der Waals surface area contributed by atoms with Gasteiger partial charge in [0.2, 0.25) is 0 Å². The summed E-state index contributed by atoms with van der Waals surface area (Å²) >= 11 is 0. The van der Waals surface area contributed by atoms with Crippen LogP contribution in [0.2, 0.25) is 0 Å². The fraction of sp³-hybridized carbons (Fsp3) is 0.471. The van der Waals surface area contributed by atoms with Gasteiger partial charge in [-0.1, -0.05) is 37.3 Å². The third kappa shape index (κ3) is 3.10. The molecule has 3 atom stereocenters. The molecule has 0 bridgehead atoms. The maximum absolute atomic E-state index is 6.05. The molecule has 0 spiro atoms. The first-order valence-corrected chi connectivity index (χ1v) is 7.42. The predicted molar refractivity (Wildman–Crippen MR) is 79.5 cm³/mol. The zero-order valence-electron chi connectivity index (χ0n) is 12.2. The highest BCUT2D eigenvalue weighted by Gasteiger charge is 2.26. The molecule has 3 nitrogen and oxygen atoms in total. The largest absolute Gasteiger partial charge is 0.370 e. The Bertz CT molecular complexity index is 539. The summed E-state index contributed by atoms with van der Waals surface area (Å²) in [5.41, 5.74) is 2.48. The normalized spacial score (nSPS) is 26.6. The summed E-state index contributed by atoms with van der Waals surface area (Å²) in [5, 5.41) is 4.47. The monoisotopic (exact) mass is 270 g/mol. The summed E-state index contributed by atoms with van der Waals surface area (Å²) in [6.07, 6.45) is 6.90. The highest BCUT2D eigenvalue weighted by atomic mass is 16.5.